The lowest BCUT2D eigenvalue weighted by molar-refractivity contribution is -0.255. The number of anilines is 1. The van der Waals surface area contributed by atoms with E-state index < -0.39 is 35.5 Å². The molecule has 9 heteroatoms. The molecule has 3 aromatic rings. The Balaban J connectivity index is 1.94. The SMILES string of the molecule is O=C(Cn1nc(C(=O)[O-])c2ccccc2c1=O)Nc1ccc(F)c(Cl)c1. The van der Waals surface area contributed by atoms with E-state index in [9.17, 15) is 23.9 Å². The zero-order valence-corrected chi connectivity index (χ0v) is 13.8. The summed E-state index contributed by atoms with van der Waals surface area (Å²) in [6.45, 7) is -0.543. The summed E-state index contributed by atoms with van der Waals surface area (Å²) in [5.74, 6) is -2.88. The quantitative estimate of drug-likeness (QED) is 0.738. The van der Waals surface area contributed by atoms with Gasteiger partial charge in [-0.1, -0.05) is 29.8 Å². The van der Waals surface area contributed by atoms with Gasteiger partial charge in [-0.25, -0.2) is 9.07 Å². The molecular weight excluding hydrogens is 365 g/mol. The summed E-state index contributed by atoms with van der Waals surface area (Å²) in [6, 6.07) is 9.56. The minimum absolute atomic E-state index is 0.0966. The van der Waals surface area contributed by atoms with Crippen molar-refractivity contribution in [2.75, 3.05) is 5.32 Å². The Bertz CT molecular complexity index is 1100. The van der Waals surface area contributed by atoms with Crippen LogP contribution in [0.1, 0.15) is 10.5 Å². The maximum atomic E-state index is 13.1. The average molecular weight is 375 g/mol. The summed E-state index contributed by atoms with van der Waals surface area (Å²) in [7, 11) is 0. The molecule has 2 aromatic carbocycles. The number of aromatic nitrogens is 2. The highest BCUT2D eigenvalue weighted by atomic mass is 35.5. The predicted octanol–water partition coefficient (Wildman–Crippen LogP) is 1.19. The predicted molar refractivity (Wildman–Crippen MR) is 90.4 cm³/mol. The van der Waals surface area contributed by atoms with Crippen molar-refractivity contribution in [3.8, 4) is 0 Å². The Morgan fingerprint density at radius 2 is 1.88 bits per heavy atom. The number of nitrogens with zero attached hydrogens (tertiary/aromatic N) is 2. The first-order chi connectivity index (χ1) is 12.4. The van der Waals surface area contributed by atoms with Crippen molar-refractivity contribution < 1.29 is 19.1 Å². The third-order valence-corrected chi connectivity index (χ3v) is 3.85. The molecule has 0 unspecified atom stereocenters. The van der Waals surface area contributed by atoms with Gasteiger partial charge in [-0.2, -0.15) is 5.10 Å². The van der Waals surface area contributed by atoms with Crippen molar-refractivity contribution in [3.63, 3.8) is 0 Å². The lowest BCUT2D eigenvalue weighted by atomic mass is 10.1. The molecule has 132 valence electrons. The van der Waals surface area contributed by atoms with Crippen LogP contribution in [-0.4, -0.2) is 21.7 Å². The number of nitrogens with one attached hydrogen (secondary N) is 1. The highest BCUT2D eigenvalue weighted by Gasteiger charge is 2.14. The molecule has 1 amide bonds. The number of rotatable bonds is 4. The van der Waals surface area contributed by atoms with Gasteiger partial charge >= 0.3 is 0 Å². The number of hydrogen-bond donors (Lipinski definition) is 1. The van der Waals surface area contributed by atoms with E-state index in [2.05, 4.69) is 10.4 Å². The summed E-state index contributed by atoms with van der Waals surface area (Å²) in [4.78, 5) is 35.8. The molecule has 0 aliphatic carbocycles. The van der Waals surface area contributed by atoms with Gasteiger partial charge in [0.2, 0.25) is 5.91 Å². The van der Waals surface area contributed by atoms with Crippen LogP contribution in [0.3, 0.4) is 0 Å². The first-order valence-electron chi connectivity index (χ1n) is 7.33. The van der Waals surface area contributed by atoms with Crippen molar-refractivity contribution in [2.45, 2.75) is 6.54 Å². The summed E-state index contributed by atoms with van der Waals surface area (Å²) >= 11 is 5.64. The number of hydrogen-bond acceptors (Lipinski definition) is 5. The highest BCUT2D eigenvalue weighted by molar-refractivity contribution is 6.31. The minimum Gasteiger partial charge on any atom is -0.543 e. The molecular formula is C17H10ClFN3O4-. The molecule has 0 aliphatic rings. The van der Waals surface area contributed by atoms with E-state index in [4.69, 9.17) is 11.6 Å². The molecule has 0 atom stereocenters. The molecule has 7 nitrogen and oxygen atoms in total. The van der Waals surface area contributed by atoms with Gasteiger partial charge in [-0.3, -0.25) is 9.59 Å². The zero-order valence-electron chi connectivity index (χ0n) is 13.0. The smallest absolute Gasteiger partial charge is 0.275 e. The Morgan fingerprint density at radius 3 is 2.54 bits per heavy atom. The molecule has 3 rings (SSSR count). The molecule has 1 heterocycles. The van der Waals surface area contributed by atoms with E-state index in [1.54, 1.807) is 12.1 Å². The van der Waals surface area contributed by atoms with Crippen molar-refractivity contribution in [1.29, 1.82) is 0 Å². The molecule has 0 saturated heterocycles. The summed E-state index contributed by atoms with van der Waals surface area (Å²) in [6.07, 6.45) is 0. The zero-order chi connectivity index (χ0) is 18.8. The van der Waals surface area contributed by atoms with Crippen molar-refractivity contribution in [3.05, 3.63) is 69.4 Å². The van der Waals surface area contributed by atoms with Gasteiger partial charge in [-0.05, 0) is 24.3 Å². The van der Waals surface area contributed by atoms with Gasteiger partial charge in [0.25, 0.3) is 5.56 Å². The Kier molecular flexibility index (Phi) is 4.68. The second-order valence-electron chi connectivity index (χ2n) is 5.32. The average Bonchev–Trinajstić information content (AvgIpc) is 2.60. The summed E-state index contributed by atoms with van der Waals surface area (Å²) < 4.78 is 13.9. The van der Waals surface area contributed by atoms with E-state index in [0.717, 1.165) is 10.7 Å². The number of carboxylic acid groups (broad SMARTS) is 1. The monoisotopic (exact) mass is 374 g/mol. The minimum atomic E-state index is -1.57. The maximum Gasteiger partial charge on any atom is 0.275 e. The summed E-state index contributed by atoms with van der Waals surface area (Å²) in [5.41, 5.74) is -0.855. The van der Waals surface area contributed by atoms with Gasteiger partial charge in [-0.15, -0.1) is 0 Å². The molecule has 26 heavy (non-hydrogen) atoms. The van der Waals surface area contributed by atoms with Crippen LogP contribution in [0.15, 0.2) is 47.3 Å². The van der Waals surface area contributed by atoms with Crippen molar-refractivity contribution in [2.24, 2.45) is 0 Å². The standard InChI is InChI=1S/C17H11ClFN3O4/c18-12-7-9(5-6-13(12)19)20-14(23)8-22-16(24)11-4-2-1-3-10(11)15(21-22)17(25)26/h1-7H,8H2,(H,20,23)(H,25,26)/p-1. The fourth-order valence-electron chi connectivity index (χ4n) is 2.40. The van der Waals surface area contributed by atoms with E-state index in [1.807, 2.05) is 0 Å². The van der Waals surface area contributed by atoms with Crippen LogP contribution < -0.4 is 16.0 Å². The molecule has 0 fully saturated rings. The van der Waals surface area contributed by atoms with Crippen LogP contribution in [0.5, 0.6) is 0 Å². The largest absolute Gasteiger partial charge is 0.543 e. The Labute approximate surface area is 150 Å². The van der Waals surface area contributed by atoms with E-state index >= 15 is 0 Å². The van der Waals surface area contributed by atoms with Gasteiger partial charge in [0, 0.05) is 11.1 Å². The molecule has 0 spiro atoms. The van der Waals surface area contributed by atoms with Crippen LogP contribution in [-0.2, 0) is 11.3 Å². The fourth-order valence-corrected chi connectivity index (χ4v) is 2.58. The van der Waals surface area contributed by atoms with Crippen LogP contribution >= 0.6 is 11.6 Å². The van der Waals surface area contributed by atoms with E-state index in [1.165, 1.54) is 24.3 Å². The lowest BCUT2D eigenvalue weighted by Gasteiger charge is -2.12. The maximum absolute atomic E-state index is 13.1. The van der Waals surface area contributed by atoms with Gasteiger partial charge in [0.05, 0.1) is 16.4 Å². The first kappa shape index (κ1) is 17.6. The number of benzene rings is 2. The van der Waals surface area contributed by atoms with Crippen molar-refractivity contribution in [1.82, 2.24) is 9.78 Å². The number of carboxylic acids is 1. The second kappa shape index (κ2) is 6.93. The number of amides is 1. The first-order valence-corrected chi connectivity index (χ1v) is 7.70. The molecule has 0 aliphatic heterocycles. The van der Waals surface area contributed by atoms with E-state index in [0.29, 0.717) is 0 Å². The Morgan fingerprint density at radius 1 is 1.19 bits per heavy atom. The third-order valence-electron chi connectivity index (χ3n) is 3.56. The van der Waals surface area contributed by atoms with Crippen LogP contribution in [0.25, 0.3) is 10.8 Å². The normalized spacial score (nSPS) is 10.7. The summed E-state index contributed by atoms with van der Waals surface area (Å²) in [5, 5.41) is 17.5. The number of halogens is 2. The molecule has 0 bridgehead atoms. The fraction of sp³-hybridized carbons (Fsp3) is 0.0588. The third kappa shape index (κ3) is 3.40. The van der Waals surface area contributed by atoms with Crippen LogP contribution in [0.2, 0.25) is 5.02 Å². The van der Waals surface area contributed by atoms with Gasteiger partial charge < -0.3 is 15.2 Å². The van der Waals surface area contributed by atoms with Crippen LogP contribution in [0.4, 0.5) is 10.1 Å². The molecule has 1 N–H and O–H groups in total. The molecule has 1 aromatic heterocycles. The number of carbonyl (C=O) groups is 2. The topological polar surface area (TPSA) is 104 Å². The lowest BCUT2D eigenvalue weighted by Crippen LogP contribution is -2.34. The number of carbonyl (C=O) groups excluding carboxylic acids is 2. The Hall–Kier alpha value is -3.26. The molecule has 0 saturated carbocycles. The van der Waals surface area contributed by atoms with E-state index in [-0.39, 0.29) is 21.5 Å². The second-order valence-corrected chi connectivity index (χ2v) is 5.73. The van der Waals surface area contributed by atoms with Gasteiger partial charge in [0.1, 0.15) is 18.1 Å². The highest BCUT2D eigenvalue weighted by Crippen LogP contribution is 2.19. The van der Waals surface area contributed by atoms with Gasteiger partial charge in [0.15, 0.2) is 0 Å². The molecule has 0 radical (unpaired) electrons. The van der Waals surface area contributed by atoms with Crippen LogP contribution in [0, 0.1) is 5.82 Å². The number of fused-ring (bicyclic) bond motifs is 1. The number of aromatic carboxylic acids is 1. The van der Waals surface area contributed by atoms with Crippen molar-refractivity contribution >= 4 is 39.9 Å².